The molecule has 0 fully saturated rings. The number of carbonyl (C=O) groups is 3. The van der Waals surface area contributed by atoms with E-state index < -0.39 is 30.1 Å². The molecular weight excluding hydrogens is 426 g/mol. The number of alkyl carbamates (subject to hydrolysis) is 1. The number of ether oxygens (including phenoxy) is 2. The second-order valence-electron chi connectivity index (χ2n) is 8.14. The van der Waals surface area contributed by atoms with Crippen LogP contribution < -0.4 is 10.6 Å². The van der Waals surface area contributed by atoms with Gasteiger partial charge in [-0.15, -0.1) is 0 Å². The lowest BCUT2D eigenvalue weighted by Crippen LogP contribution is -2.55. The molecule has 9 heteroatoms. The number of nitrogens with zero attached hydrogens (tertiary/aromatic N) is 1. The van der Waals surface area contributed by atoms with Crippen LogP contribution in [0.15, 0.2) is 48.5 Å². The first-order valence-electron chi connectivity index (χ1n) is 10.6. The van der Waals surface area contributed by atoms with Crippen molar-refractivity contribution in [2.24, 2.45) is 0 Å². The number of benzene rings is 2. The van der Waals surface area contributed by atoms with E-state index in [9.17, 15) is 19.5 Å². The third-order valence-electron chi connectivity index (χ3n) is 5.45. The number of carbonyl (C=O) groups excluding carboxylic acids is 2. The van der Waals surface area contributed by atoms with E-state index in [1.54, 1.807) is 19.0 Å². The molecule has 0 aromatic heterocycles. The molecule has 2 amide bonds. The standard InChI is InChI=1S/C24H29N3O6/c1-27(2)12-20(23(29)30)25-22(28)21(14-32-3)26-24(31)33-13-19-17-10-6-4-8-15(17)16-9-5-7-11-18(16)19/h4-11,19-21H,12-14H2,1-3H3,(H,25,28)(H,26,31)(H,29,30). The van der Waals surface area contributed by atoms with Crippen molar-refractivity contribution in [2.75, 3.05) is 41.0 Å². The van der Waals surface area contributed by atoms with Crippen LogP contribution in [-0.2, 0) is 19.1 Å². The lowest BCUT2D eigenvalue weighted by molar-refractivity contribution is -0.142. The predicted molar refractivity (Wildman–Crippen MR) is 122 cm³/mol. The van der Waals surface area contributed by atoms with E-state index >= 15 is 0 Å². The van der Waals surface area contributed by atoms with Crippen LogP contribution in [0.5, 0.6) is 0 Å². The summed E-state index contributed by atoms with van der Waals surface area (Å²) in [5.41, 5.74) is 4.37. The van der Waals surface area contributed by atoms with Gasteiger partial charge in [-0.2, -0.15) is 0 Å². The molecule has 2 aromatic carbocycles. The Bertz CT molecular complexity index is 964. The van der Waals surface area contributed by atoms with Gasteiger partial charge in [0.15, 0.2) is 0 Å². The third kappa shape index (κ3) is 5.88. The van der Waals surface area contributed by atoms with Crippen molar-refractivity contribution in [3.63, 3.8) is 0 Å². The topological polar surface area (TPSA) is 117 Å². The highest BCUT2D eigenvalue weighted by molar-refractivity contribution is 5.89. The maximum atomic E-state index is 12.6. The zero-order valence-electron chi connectivity index (χ0n) is 18.9. The van der Waals surface area contributed by atoms with Crippen molar-refractivity contribution >= 4 is 18.0 Å². The van der Waals surface area contributed by atoms with Crippen molar-refractivity contribution in [1.29, 1.82) is 0 Å². The Balaban J connectivity index is 1.64. The van der Waals surface area contributed by atoms with Crippen molar-refractivity contribution in [3.05, 3.63) is 59.7 Å². The summed E-state index contributed by atoms with van der Waals surface area (Å²) < 4.78 is 10.5. The number of fused-ring (bicyclic) bond motifs is 3. The van der Waals surface area contributed by atoms with Gasteiger partial charge < -0.3 is 30.1 Å². The van der Waals surface area contributed by atoms with Crippen LogP contribution in [0.1, 0.15) is 17.0 Å². The van der Waals surface area contributed by atoms with Crippen LogP contribution in [0.2, 0.25) is 0 Å². The molecule has 1 aliphatic rings. The maximum absolute atomic E-state index is 12.6. The molecule has 33 heavy (non-hydrogen) atoms. The quantitative estimate of drug-likeness (QED) is 0.499. The SMILES string of the molecule is COCC(NC(=O)OCC1c2ccccc2-c2ccccc21)C(=O)NC(CN(C)C)C(=O)O. The fourth-order valence-corrected chi connectivity index (χ4v) is 3.95. The summed E-state index contributed by atoms with van der Waals surface area (Å²) in [5, 5.41) is 14.3. The van der Waals surface area contributed by atoms with Gasteiger partial charge in [0.2, 0.25) is 5.91 Å². The van der Waals surface area contributed by atoms with Crippen LogP contribution in [0.25, 0.3) is 11.1 Å². The predicted octanol–water partition coefficient (Wildman–Crippen LogP) is 1.67. The summed E-state index contributed by atoms with van der Waals surface area (Å²) >= 11 is 0. The molecule has 176 valence electrons. The van der Waals surface area contributed by atoms with E-state index in [0.717, 1.165) is 22.3 Å². The largest absolute Gasteiger partial charge is 0.480 e. The Morgan fingerprint density at radius 3 is 2.06 bits per heavy atom. The third-order valence-corrected chi connectivity index (χ3v) is 5.45. The van der Waals surface area contributed by atoms with Gasteiger partial charge in [0, 0.05) is 19.6 Å². The van der Waals surface area contributed by atoms with Gasteiger partial charge in [-0.25, -0.2) is 9.59 Å². The molecule has 3 N–H and O–H groups in total. The van der Waals surface area contributed by atoms with Crippen LogP contribution in [0.3, 0.4) is 0 Å². The smallest absolute Gasteiger partial charge is 0.407 e. The molecule has 0 radical (unpaired) electrons. The minimum absolute atomic E-state index is 0.0968. The molecule has 3 rings (SSSR count). The van der Waals surface area contributed by atoms with E-state index in [2.05, 4.69) is 10.6 Å². The summed E-state index contributed by atoms with van der Waals surface area (Å²) in [6.07, 6.45) is -0.784. The van der Waals surface area contributed by atoms with Gasteiger partial charge in [-0.3, -0.25) is 4.79 Å². The van der Waals surface area contributed by atoms with E-state index in [4.69, 9.17) is 9.47 Å². The molecule has 0 aliphatic heterocycles. The van der Waals surface area contributed by atoms with Crippen molar-refractivity contribution < 1.29 is 29.0 Å². The number of carboxylic acid groups (broad SMARTS) is 1. The Hall–Kier alpha value is -3.43. The highest BCUT2D eigenvalue weighted by Crippen LogP contribution is 2.44. The molecule has 0 bridgehead atoms. The van der Waals surface area contributed by atoms with Crippen molar-refractivity contribution in [3.8, 4) is 11.1 Å². The first kappa shape index (κ1) is 24.2. The Labute approximate surface area is 192 Å². The fourth-order valence-electron chi connectivity index (χ4n) is 3.95. The molecular formula is C24H29N3O6. The molecule has 0 spiro atoms. The lowest BCUT2D eigenvalue weighted by atomic mass is 9.98. The lowest BCUT2D eigenvalue weighted by Gasteiger charge is -2.23. The van der Waals surface area contributed by atoms with Crippen LogP contribution in [0.4, 0.5) is 4.79 Å². The van der Waals surface area contributed by atoms with Crippen LogP contribution >= 0.6 is 0 Å². The Morgan fingerprint density at radius 1 is 0.970 bits per heavy atom. The first-order chi connectivity index (χ1) is 15.8. The summed E-state index contributed by atoms with van der Waals surface area (Å²) in [4.78, 5) is 38.2. The van der Waals surface area contributed by atoms with Crippen LogP contribution in [0, 0.1) is 0 Å². The average Bonchev–Trinajstić information content (AvgIpc) is 3.10. The number of carboxylic acids is 1. The summed E-state index contributed by atoms with van der Waals surface area (Å²) in [6, 6.07) is 13.7. The Morgan fingerprint density at radius 2 is 1.55 bits per heavy atom. The number of likely N-dealkylation sites (N-methyl/N-ethyl adjacent to an activating group) is 1. The van der Waals surface area contributed by atoms with Gasteiger partial charge in [0.1, 0.15) is 18.7 Å². The molecule has 2 atom stereocenters. The molecule has 0 saturated carbocycles. The number of amides is 2. The monoisotopic (exact) mass is 455 g/mol. The zero-order valence-corrected chi connectivity index (χ0v) is 18.9. The van der Waals surface area contributed by atoms with Gasteiger partial charge in [0.05, 0.1) is 6.61 Å². The van der Waals surface area contributed by atoms with Gasteiger partial charge in [0.25, 0.3) is 0 Å². The van der Waals surface area contributed by atoms with E-state index in [1.807, 2.05) is 48.5 Å². The average molecular weight is 456 g/mol. The molecule has 9 nitrogen and oxygen atoms in total. The zero-order chi connectivity index (χ0) is 24.0. The molecule has 0 heterocycles. The van der Waals surface area contributed by atoms with Gasteiger partial charge in [-0.05, 0) is 36.3 Å². The van der Waals surface area contributed by atoms with E-state index in [0.29, 0.717) is 0 Å². The second-order valence-corrected chi connectivity index (χ2v) is 8.14. The number of methoxy groups -OCH3 is 1. The number of hydrogen-bond donors (Lipinski definition) is 3. The Kier molecular flexibility index (Phi) is 8.02. The molecule has 1 aliphatic carbocycles. The number of aliphatic carboxylic acids is 1. The van der Waals surface area contributed by atoms with Crippen molar-refractivity contribution in [2.45, 2.75) is 18.0 Å². The minimum Gasteiger partial charge on any atom is -0.480 e. The van der Waals surface area contributed by atoms with E-state index in [1.165, 1.54) is 7.11 Å². The summed E-state index contributed by atoms with van der Waals surface area (Å²) in [5.74, 6) is -1.96. The molecule has 2 aromatic rings. The molecule has 0 saturated heterocycles. The molecule has 2 unspecified atom stereocenters. The van der Waals surface area contributed by atoms with Crippen LogP contribution in [-0.4, -0.2) is 81.0 Å². The van der Waals surface area contributed by atoms with Gasteiger partial charge >= 0.3 is 12.1 Å². The highest BCUT2D eigenvalue weighted by atomic mass is 16.5. The maximum Gasteiger partial charge on any atom is 0.407 e. The van der Waals surface area contributed by atoms with E-state index in [-0.39, 0.29) is 25.7 Å². The summed E-state index contributed by atoms with van der Waals surface area (Å²) in [6.45, 7) is 0.0651. The fraction of sp³-hybridized carbons (Fsp3) is 0.375. The number of hydrogen-bond acceptors (Lipinski definition) is 6. The van der Waals surface area contributed by atoms with Crippen molar-refractivity contribution in [1.82, 2.24) is 15.5 Å². The number of rotatable bonds is 10. The first-order valence-corrected chi connectivity index (χ1v) is 10.6. The highest BCUT2D eigenvalue weighted by Gasteiger charge is 2.30. The summed E-state index contributed by atoms with van der Waals surface area (Å²) in [7, 11) is 4.78. The normalized spacial score (nSPS) is 14.2. The number of nitrogens with one attached hydrogen (secondary N) is 2. The van der Waals surface area contributed by atoms with Gasteiger partial charge in [-0.1, -0.05) is 48.5 Å². The minimum atomic E-state index is -1.17. The second kappa shape index (κ2) is 10.9.